The number of benzene rings is 2. The Morgan fingerprint density at radius 1 is 0.917 bits per heavy atom. The number of aryl methyl sites for hydroxylation is 1. The molecule has 36 heavy (non-hydrogen) atoms. The van der Waals surface area contributed by atoms with E-state index in [1.807, 2.05) is 0 Å². The maximum Gasteiger partial charge on any atom is 0.174 e. The summed E-state index contributed by atoms with van der Waals surface area (Å²) >= 11 is 0. The summed E-state index contributed by atoms with van der Waals surface area (Å²) in [6, 6.07) is 8.05. The van der Waals surface area contributed by atoms with Crippen molar-refractivity contribution < 1.29 is 13.2 Å². The van der Waals surface area contributed by atoms with E-state index in [2.05, 4.69) is 37.5 Å². The van der Waals surface area contributed by atoms with Crippen LogP contribution in [0.25, 0.3) is 0 Å². The molecule has 2 aliphatic rings. The highest BCUT2D eigenvalue weighted by Gasteiger charge is 2.36. The fourth-order valence-corrected chi connectivity index (χ4v) is 6.23. The molecule has 0 radical (unpaired) electrons. The van der Waals surface area contributed by atoms with Gasteiger partial charge in [0.25, 0.3) is 0 Å². The summed E-state index contributed by atoms with van der Waals surface area (Å²) in [5, 5.41) is 0. The van der Waals surface area contributed by atoms with E-state index in [1.165, 1.54) is 31.7 Å². The van der Waals surface area contributed by atoms with Crippen LogP contribution in [0.2, 0.25) is 0 Å². The third-order valence-electron chi connectivity index (χ3n) is 8.26. The van der Waals surface area contributed by atoms with Crippen molar-refractivity contribution in [3.8, 4) is 11.8 Å². The SMILES string of the molecule is C=CCCc1ccc(C#Cc2ccc(C3CCC4CC(CC/C=C/C)CCC4C3)c(F)c2F)cc1F. The van der Waals surface area contributed by atoms with Crippen molar-refractivity contribution in [3.63, 3.8) is 0 Å². The average Bonchev–Trinajstić information content (AvgIpc) is 2.89. The lowest BCUT2D eigenvalue weighted by Crippen LogP contribution is -2.30. The molecule has 0 N–H and O–H groups in total. The predicted octanol–water partition coefficient (Wildman–Crippen LogP) is 9.28. The number of fused-ring (bicyclic) bond motifs is 1. The van der Waals surface area contributed by atoms with Crippen LogP contribution in [-0.4, -0.2) is 0 Å². The zero-order valence-electron chi connectivity index (χ0n) is 21.3. The van der Waals surface area contributed by atoms with E-state index in [0.717, 1.165) is 37.5 Å². The summed E-state index contributed by atoms with van der Waals surface area (Å²) in [6.45, 7) is 5.73. The number of halogens is 3. The zero-order chi connectivity index (χ0) is 25.5. The maximum atomic E-state index is 15.1. The maximum absolute atomic E-state index is 15.1. The highest BCUT2D eigenvalue weighted by Crippen LogP contribution is 2.48. The Hall–Kier alpha value is -2.73. The summed E-state index contributed by atoms with van der Waals surface area (Å²) in [4.78, 5) is 0. The molecule has 0 saturated heterocycles. The minimum Gasteiger partial charge on any atom is -0.207 e. The van der Waals surface area contributed by atoms with Gasteiger partial charge in [0.05, 0.1) is 5.56 Å². The Morgan fingerprint density at radius 2 is 1.72 bits per heavy atom. The number of allylic oxidation sites excluding steroid dienone is 3. The summed E-state index contributed by atoms with van der Waals surface area (Å²) in [7, 11) is 0. The van der Waals surface area contributed by atoms with E-state index >= 15 is 4.39 Å². The Morgan fingerprint density at radius 3 is 2.50 bits per heavy atom. The molecule has 2 saturated carbocycles. The number of rotatable bonds is 7. The summed E-state index contributed by atoms with van der Waals surface area (Å²) in [5.74, 6) is 5.73. The molecule has 3 heteroatoms. The predicted molar refractivity (Wildman–Crippen MR) is 142 cm³/mol. The third kappa shape index (κ3) is 6.33. The van der Waals surface area contributed by atoms with Gasteiger partial charge in [0.15, 0.2) is 11.6 Å². The van der Waals surface area contributed by atoms with Crippen molar-refractivity contribution in [2.24, 2.45) is 17.8 Å². The Balaban J connectivity index is 1.41. The van der Waals surface area contributed by atoms with Crippen LogP contribution in [0.5, 0.6) is 0 Å². The molecule has 2 aromatic rings. The molecule has 4 unspecified atom stereocenters. The van der Waals surface area contributed by atoms with Crippen molar-refractivity contribution >= 4 is 0 Å². The van der Waals surface area contributed by atoms with Crippen molar-refractivity contribution in [1.29, 1.82) is 0 Å². The number of hydrogen-bond acceptors (Lipinski definition) is 0. The first-order valence-electron chi connectivity index (χ1n) is 13.5. The monoisotopic (exact) mass is 490 g/mol. The first-order chi connectivity index (χ1) is 17.5. The molecular weight excluding hydrogens is 453 g/mol. The molecule has 4 rings (SSSR count). The molecule has 2 aromatic carbocycles. The molecule has 0 aromatic heterocycles. The molecule has 0 amide bonds. The molecule has 0 spiro atoms. The first-order valence-corrected chi connectivity index (χ1v) is 13.5. The molecule has 4 atom stereocenters. The van der Waals surface area contributed by atoms with Gasteiger partial charge in [0.1, 0.15) is 5.82 Å². The average molecular weight is 491 g/mol. The van der Waals surface area contributed by atoms with Gasteiger partial charge in [0, 0.05) is 5.56 Å². The van der Waals surface area contributed by atoms with Crippen LogP contribution in [0.4, 0.5) is 13.2 Å². The lowest BCUT2D eigenvalue weighted by molar-refractivity contribution is 0.114. The third-order valence-corrected chi connectivity index (χ3v) is 8.26. The quantitative estimate of drug-likeness (QED) is 0.268. The minimum atomic E-state index is -0.891. The molecule has 190 valence electrons. The zero-order valence-corrected chi connectivity index (χ0v) is 21.3. The van der Waals surface area contributed by atoms with Gasteiger partial charge < -0.3 is 0 Å². The van der Waals surface area contributed by atoms with Gasteiger partial charge >= 0.3 is 0 Å². The fraction of sp³-hybridized carbons (Fsp3) is 0.455. The van der Waals surface area contributed by atoms with Gasteiger partial charge in [-0.15, -0.1) is 6.58 Å². The minimum absolute atomic E-state index is 0.0164. The first kappa shape index (κ1) is 26.3. The smallest absolute Gasteiger partial charge is 0.174 e. The van der Waals surface area contributed by atoms with Crippen LogP contribution in [-0.2, 0) is 6.42 Å². The van der Waals surface area contributed by atoms with Crippen molar-refractivity contribution in [1.82, 2.24) is 0 Å². The summed E-state index contributed by atoms with van der Waals surface area (Å²) in [6.07, 6.45) is 16.6. The Bertz CT molecular complexity index is 1150. The second-order valence-corrected chi connectivity index (χ2v) is 10.6. The Labute approximate surface area is 214 Å². The van der Waals surface area contributed by atoms with Crippen LogP contribution in [0.15, 0.2) is 55.1 Å². The van der Waals surface area contributed by atoms with Gasteiger partial charge in [-0.1, -0.05) is 48.6 Å². The lowest BCUT2D eigenvalue weighted by Gasteiger charge is -2.42. The second kappa shape index (κ2) is 12.5. The van der Waals surface area contributed by atoms with E-state index in [-0.39, 0.29) is 17.3 Å². The van der Waals surface area contributed by atoms with E-state index in [9.17, 15) is 8.78 Å². The molecule has 0 nitrogen and oxygen atoms in total. The van der Waals surface area contributed by atoms with Crippen molar-refractivity contribution in [2.75, 3.05) is 0 Å². The van der Waals surface area contributed by atoms with Gasteiger partial charge in [-0.2, -0.15) is 0 Å². The Kier molecular flexibility index (Phi) is 9.13. The molecule has 0 bridgehead atoms. The van der Waals surface area contributed by atoms with Gasteiger partial charge in [-0.3, -0.25) is 0 Å². The largest absolute Gasteiger partial charge is 0.207 e. The highest BCUT2D eigenvalue weighted by atomic mass is 19.2. The molecule has 0 heterocycles. The molecule has 2 aliphatic carbocycles. The van der Waals surface area contributed by atoms with Crippen LogP contribution < -0.4 is 0 Å². The number of hydrogen-bond donors (Lipinski definition) is 0. The second-order valence-electron chi connectivity index (χ2n) is 10.6. The van der Waals surface area contributed by atoms with Crippen molar-refractivity contribution in [2.45, 2.75) is 77.0 Å². The molecular formula is C33H37F3. The summed E-state index contributed by atoms with van der Waals surface area (Å²) in [5.41, 5.74) is 1.55. The summed E-state index contributed by atoms with van der Waals surface area (Å²) < 4.78 is 44.4. The lowest BCUT2D eigenvalue weighted by atomic mass is 9.63. The van der Waals surface area contributed by atoms with E-state index < -0.39 is 11.6 Å². The van der Waals surface area contributed by atoms with Gasteiger partial charge in [0.2, 0.25) is 0 Å². The van der Waals surface area contributed by atoms with Crippen LogP contribution in [0.3, 0.4) is 0 Å². The van der Waals surface area contributed by atoms with Crippen LogP contribution >= 0.6 is 0 Å². The van der Waals surface area contributed by atoms with Crippen molar-refractivity contribution in [3.05, 3.63) is 94.8 Å². The van der Waals surface area contributed by atoms with E-state index in [4.69, 9.17) is 0 Å². The van der Waals surface area contributed by atoms with Crippen LogP contribution in [0, 0.1) is 47.0 Å². The van der Waals surface area contributed by atoms with E-state index in [1.54, 1.807) is 30.3 Å². The standard InChI is InChI=1S/C33H37F3/c1-3-5-7-8-23-12-15-28-22-29(17-16-27(28)20-23)30-19-18-26(32(35)33(30)36)14-11-24-10-13-25(9-6-4-2)31(34)21-24/h3-5,10,13,18-19,21,23,27-29H,2,6-9,12,15-17,20,22H2,1H3/b5-3+. The molecule has 0 aliphatic heterocycles. The fourth-order valence-electron chi connectivity index (χ4n) is 6.23. The topological polar surface area (TPSA) is 0 Å². The normalized spacial score (nSPS) is 23.7. The van der Waals surface area contributed by atoms with Gasteiger partial charge in [-0.25, -0.2) is 13.2 Å². The highest BCUT2D eigenvalue weighted by molar-refractivity contribution is 5.46. The molecule has 2 fully saturated rings. The van der Waals surface area contributed by atoms with Crippen LogP contribution in [0.1, 0.15) is 92.9 Å². The van der Waals surface area contributed by atoms with Gasteiger partial charge in [-0.05, 0) is 118 Å². The van der Waals surface area contributed by atoms with E-state index in [0.29, 0.717) is 35.4 Å².